The molecule has 1 aromatic rings. The summed E-state index contributed by atoms with van der Waals surface area (Å²) >= 11 is 7.40. The predicted molar refractivity (Wildman–Crippen MR) is 58.7 cm³/mol. The summed E-state index contributed by atoms with van der Waals surface area (Å²) in [4.78, 5) is 8.28. The van der Waals surface area contributed by atoms with Crippen LogP contribution in [-0.2, 0) is 0 Å². The lowest BCUT2D eigenvalue weighted by Crippen LogP contribution is -2.10. The smallest absolute Gasteiger partial charge is 0.187 e. The first-order valence-corrected chi connectivity index (χ1v) is 6.02. The third-order valence-corrected chi connectivity index (χ3v) is 3.51. The Morgan fingerprint density at radius 3 is 2.93 bits per heavy atom. The molecule has 0 amide bonds. The van der Waals surface area contributed by atoms with Crippen molar-refractivity contribution >= 4 is 23.4 Å². The van der Waals surface area contributed by atoms with Crippen molar-refractivity contribution in [3.63, 3.8) is 0 Å². The third-order valence-electron chi connectivity index (χ3n) is 2.21. The molecule has 1 saturated heterocycles. The zero-order valence-corrected chi connectivity index (χ0v) is 9.31. The molecule has 1 aliphatic heterocycles. The van der Waals surface area contributed by atoms with Crippen molar-refractivity contribution in [2.24, 2.45) is 5.92 Å². The minimum absolute atomic E-state index is 0.594. The van der Waals surface area contributed by atoms with E-state index in [2.05, 4.69) is 15.3 Å². The van der Waals surface area contributed by atoms with Gasteiger partial charge < -0.3 is 5.32 Å². The van der Waals surface area contributed by atoms with Crippen LogP contribution >= 0.6 is 23.4 Å². The molecule has 2 heterocycles. The van der Waals surface area contributed by atoms with Crippen LogP contribution in [0.25, 0.3) is 0 Å². The summed E-state index contributed by atoms with van der Waals surface area (Å²) in [6.45, 7) is 2.27. The van der Waals surface area contributed by atoms with Gasteiger partial charge in [-0.1, -0.05) is 23.4 Å². The molecule has 76 valence electrons. The average Bonchev–Trinajstić information content (AvgIpc) is 2.70. The van der Waals surface area contributed by atoms with E-state index in [0.29, 0.717) is 5.02 Å². The molecule has 0 aliphatic carbocycles. The van der Waals surface area contributed by atoms with Gasteiger partial charge >= 0.3 is 0 Å². The lowest BCUT2D eigenvalue weighted by molar-refractivity contribution is 0.661. The Balaban J connectivity index is 1.82. The predicted octanol–water partition coefficient (Wildman–Crippen LogP) is 1.83. The zero-order valence-electron chi connectivity index (χ0n) is 7.74. The van der Waals surface area contributed by atoms with Crippen molar-refractivity contribution in [1.29, 1.82) is 0 Å². The van der Waals surface area contributed by atoms with Crippen LogP contribution in [0.5, 0.6) is 0 Å². The lowest BCUT2D eigenvalue weighted by Gasteiger charge is -2.05. The van der Waals surface area contributed by atoms with Crippen LogP contribution in [0.1, 0.15) is 6.42 Å². The zero-order chi connectivity index (χ0) is 9.80. The standard InChI is InChI=1S/C9H12ClN3S/c10-8-4-12-9(13-5-8)14-6-7-1-2-11-3-7/h4-5,7,11H,1-3,6H2. The fourth-order valence-corrected chi connectivity index (χ4v) is 2.45. The molecule has 0 bridgehead atoms. The first-order chi connectivity index (χ1) is 6.84. The van der Waals surface area contributed by atoms with Gasteiger partial charge in [-0.3, -0.25) is 0 Å². The van der Waals surface area contributed by atoms with Crippen LogP contribution in [-0.4, -0.2) is 28.8 Å². The maximum Gasteiger partial charge on any atom is 0.187 e. The molecule has 1 atom stereocenters. The highest BCUT2D eigenvalue weighted by atomic mass is 35.5. The van der Waals surface area contributed by atoms with Gasteiger partial charge in [-0.25, -0.2) is 9.97 Å². The van der Waals surface area contributed by atoms with Crippen LogP contribution in [0.4, 0.5) is 0 Å². The fraction of sp³-hybridized carbons (Fsp3) is 0.556. The Labute approximate surface area is 92.7 Å². The summed E-state index contributed by atoms with van der Waals surface area (Å²) in [5, 5.41) is 4.76. The number of hydrogen-bond acceptors (Lipinski definition) is 4. The first kappa shape index (κ1) is 10.2. The van der Waals surface area contributed by atoms with E-state index in [1.165, 1.54) is 6.42 Å². The molecule has 0 aromatic carbocycles. The molecule has 0 spiro atoms. The van der Waals surface area contributed by atoms with E-state index in [1.54, 1.807) is 24.2 Å². The van der Waals surface area contributed by atoms with Gasteiger partial charge in [0.05, 0.1) is 17.4 Å². The van der Waals surface area contributed by atoms with E-state index in [-0.39, 0.29) is 0 Å². The number of nitrogens with zero attached hydrogens (tertiary/aromatic N) is 2. The van der Waals surface area contributed by atoms with Gasteiger partial charge in [0.1, 0.15) is 0 Å². The number of aromatic nitrogens is 2. The molecule has 3 nitrogen and oxygen atoms in total. The maximum atomic E-state index is 5.69. The largest absolute Gasteiger partial charge is 0.316 e. The van der Waals surface area contributed by atoms with Crippen LogP contribution < -0.4 is 5.32 Å². The van der Waals surface area contributed by atoms with E-state index in [1.807, 2.05) is 0 Å². The highest BCUT2D eigenvalue weighted by Crippen LogP contribution is 2.20. The summed E-state index contributed by atoms with van der Waals surface area (Å²) in [6, 6.07) is 0. The van der Waals surface area contributed by atoms with E-state index < -0.39 is 0 Å². The van der Waals surface area contributed by atoms with E-state index >= 15 is 0 Å². The maximum absolute atomic E-state index is 5.69. The summed E-state index contributed by atoms with van der Waals surface area (Å²) in [6.07, 6.45) is 4.55. The van der Waals surface area contributed by atoms with Gasteiger partial charge in [0.25, 0.3) is 0 Å². The van der Waals surface area contributed by atoms with Crippen LogP contribution in [0, 0.1) is 5.92 Å². The topological polar surface area (TPSA) is 37.8 Å². The highest BCUT2D eigenvalue weighted by molar-refractivity contribution is 7.99. The monoisotopic (exact) mass is 229 g/mol. The second kappa shape index (κ2) is 4.96. The SMILES string of the molecule is Clc1cnc(SCC2CCNC2)nc1. The second-order valence-electron chi connectivity index (χ2n) is 3.35. The molecule has 2 rings (SSSR count). The van der Waals surface area contributed by atoms with E-state index in [0.717, 1.165) is 29.9 Å². The number of halogens is 1. The molecule has 0 saturated carbocycles. The van der Waals surface area contributed by atoms with Crippen molar-refractivity contribution in [3.8, 4) is 0 Å². The average molecular weight is 230 g/mol. The molecule has 5 heteroatoms. The van der Waals surface area contributed by atoms with Gasteiger partial charge in [-0.2, -0.15) is 0 Å². The summed E-state index contributed by atoms with van der Waals surface area (Å²) in [5.74, 6) is 1.86. The Kier molecular flexibility index (Phi) is 3.61. The number of nitrogens with one attached hydrogen (secondary N) is 1. The van der Waals surface area contributed by atoms with Gasteiger partial charge in [-0.15, -0.1) is 0 Å². The minimum atomic E-state index is 0.594. The molecule has 1 unspecified atom stereocenters. The minimum Gasteiger partial charge on any atom is -0.316 e. The van der Waals surface area contributed by atoms with Gasteiger partial charge in [0.15, 0.2) is 5.16 Å². The molecule has 1 fully saturated rings. The molecule has 1 aliphatic rings. The second-order valence-corrected chi connectivity index (χ2v) is 4.78. The lowest BCUT2D eigenvalue weighted by atomic mass is 10.2. The quantitative estimate of drug-likeness (QED) is 0.634. The summed E-state index contributed by atoms with van der Waals surface area (Å²) < 4.78 is 0. The molecule has 0 radical (unpaired) electrons. The summed E-state index contributed by atoms with van der Waals surface area (Å²) in [5.41, 5.74) is 0. The number of rotatable bonds is 3. The van der Waals surface area contributed by atoms with Crippen LogP contribution in [0.3, 0.4) is 0 Å². The molecule has 1 aromatic heterocycles. The van der Waals surface area contributed by atoms with Crippen LogP contribution in [0.2, 0.25) is 5.02 Å². The van der Waals surface area contributed by atoms with Gasteiger partial charge in [0.2, 0.25) is 0 Å². The number of thioether (sulfide) groups is 1. The molecule has 1 N–H and O–H groups in total. The van der Waals surface area contributed by atoms with Gasteiger partial charge in [0, 0.05) is 5.75 Å². The molecular formula is C9H12ClN3S. The Morgan fingerprint density at radius 2 is 2.29 bits per heavy atom. The normalized spacial score (nSPS) is 21.4. The van der Waals surface area contributed by atoms with E-state index in [9.17, 15) is 0 Å². The van der Waals surface area contributed by atoms with Crippen LogP contribution in [0.15, 0.2) is 17.6 Å². The van der Waals surface area contributed by atoms with Crippen molar-refractivity contribution in [2.45, 2.75) is 11.6 Å². The Morgan fingerprint density at radius 1 is 1.50 bits per heavy atom. The van der Waals surface area contributed by atoms with E-state index in [4.69, 9.17) is 11.6 Å². The molecule has 14 heavy (non-hydrogen) atoms. The van der Waals surface area contributed by atoms with Crippen molar-refractivity contribution in [2.75, 3.05) is 18.8 Å². The van der Waals surface area contributed by atoms with Gasteiger partial charge in [-0.05, 0) is 25.4 Å². The first-order valence-electron chi connectivity index (χ1n) is 4.65. The highest BCUT2D eigenvalue weighted by Gasteiger charge is 2.14. The fourth-order valence-electron chi connectivity index (χ4n) is 1.42. The number of hydrogen-bond donors (Lipinski definition) is 1. The molecular weight excluding hydrogens is 218 g/mol. The van der Waals surface area contributed by atoms with Crippen molar-refractivity contribution in [3.05, 3.63) is 17.4 Å². The van der Waals surface area contributed by atoms with Crippen molar-refractivity contribution < 1.29 is 0 Å². The Bertz CT molecular complexity index is 285. The third kappa shape index (κ3) is 2.83. The Hall–Kier alpha value is -0.320. The summed E-state index contributed by atoms with van der Waals surface area (Å²) in [7, 11) is 0. The van der Waals surface area contributed by atoms with Crippen molar-refractivity contribution in [1.82, 2.24) is 15.3 Å².